The fourth-order valence-electron chi connectivity index (χ4n) is 11.9. The molecule has 1 aliphatic heterocycles. The first-order valence-electron chi connectivity index (χ1n) is 24.4. The van der Waals surface area contributed by atoms with Gasteiger partial charge in [-0.05, 0) is 82.8 Å². The summed E-state index contributed by atoms with van der Waals surface area (Å²) in [5.74, 6) is -0.140. The Morgan fingerprint density at radius 1 is 0.603 bits per heavy atom. The van der Waals surface area contributed by atoms with Gasteiger partial charge in [-0.3, -0.25) is 0 Å². The molecule has 1 aliphatic carbocycles. The molecule has 0 amide bonds. The number of benzene rings is 9. The third-order valence-electron chi connectivity index (χ3n) is 15.2. The van der Waals surface area contributed by atoms with Crippen molar-refractivity contribution in [1.82, 2.24) is 9.24 Å². The van der Waals surface area contributed by atoms with Gasteiger partial charge in [0.1, 0.15) is 0 Å². The maximum atomic E-state index is 10.7. The number of nitriles is 2. The number of hydrogen-bond acceptors (Lipinski definition) is 4. The van der Waals surface area contributed by atoms with E-state index in [1.165, 1.54) is 38.6 Å². The summed E-state index contributed by atoms with van der Waals surface area (Å²) in [6.45, 7) is 8.61. The first-order chi connectivity index (χ1) is 35.4. The quantitative estimate of drug-likeness (QED) is 0.112. The fourth-order valence-corrected chi connectivity index (χ4v) is 11.9. The van der Waals surface area contributed by atoms with E-state index in [0.717, 1.165) is 77.7 Å². The molecule has 0 saturated heterocycles. The van der Waals surface area contributed by atoms with E-state index in [2.05, 4.69) is 235 Å². The predicted molar refractivity (Wildman–Crippen MR) is 295 cm³/mol. The molecule has 73 heavy (non-hydrogen) atoms. The van der Waals surface area contributed by atoms with Crippen LogP contribution in [0.2, 0.25) is 0 Å². The number of allylic oxidation sites excluding steroid dienone is 2. The zero-order valence-corrected chi connectivity index (χ0v) is 42.0. The van der Waals surface area contributed by atoms with Gasteiger partial charge in [0.25, 0.3) is 0 Å². The molecule has 7 heteroatoms. The standard InChI is InChI=1S/C66H45N6.Tc/c1-41-15-7-8-18-48(41)63-50(33-34-54-51-19-9-12-22-58(51)70(65(54)63)47-16-5-4-6-17-47)42(2)49-31-27-44(40-68)37-57(49)53-32-30-46(45-28-25-43(39-67)26-29-45)38-62(53)71-59-23-13-11-21-56(59)64-61(71)36-35-55-52-20-10-14-24-60(52)72(69-3)66(55)64;/h4-28,30-38,42,56,59H,3H2,1-2H3;/q-1;/t42-,56?,59?;/m1./s1. The minimum Gasteiger partial charge on any atom is -0.333 e. The zero-order valence-electron chi connectivity index (χ0n) is 40.1. The van der Waals surface area contributed by atoms with Crippen LogP contribution in [0, 0.1) is 35.7 Å². The average molecular weight is 1020 g/mol. The SMILES string of the molecule is C=Nn1c2ccccc2c2ccc3c(c21)C1C=CC=CC1N3c1cc(-c2[c-]cc(C#N)cc2)ccc1-c1cc(C#N)ccc1[C@@H](C)c1ccc2c3ccccc3n(-c3ccccc3)c2c1-c1ccccc1C.[Tc]. The van der Waals surface area contributed by atoms with Crippen LogP contribution >= 0.6 is 0 Å². The van der Waals surface area contributed by atoms with Gasteiger partial charge in [-0.25, -0.2) is 9.94 Å². The molecular formula is C66H45N6Tc-. The van der Waals surface area contributed by atoms with Gasteiger partial charge in [0.05, 0.1) is 39.7 Å². The van der Waals surface area contributed by atoms with Crippen molar-refractivity contribution in [2.45, 2.75) is 31.7 Å². The molecule has 0 N–H and O–H groups in total. The Kier molecular flexibility index (Phi) is 11.2. The molecule has 6 nitrogen and oxygen atoms in total. The topological polar surface area (TPSA) is 73.0 Å². The third-order valence-corrected chi connectivity index (χ3v) is 15.2. The van der Waals surface area contributed by atoms with Crippen LogP contribution in [0.25, 0.3) is 82.7 Å². The summed E-state index contributed by atoms with van der Waals surface area (Å²) < 4.78 is 4.44. The summed E-state index contributed by atoms with van der Waals surface area (Å²) in [7, 11) is 0. The van der Waals surface area contributed by atoms with Gasteiger partial charge in [-0.1, -0.05) is 158 Å². The number of aromatic nitrogens is 2. The van der Waals surface area contributed by atoms with Gasteiger partial charge in [0.2, 0.25) is 0 Å². The van der Waals surface area contributed by atoms with E-state index in [4.69, 9.17) is 0 Å². The van der Waals surface area contributed by atoms with Crippen molar-refractivity contribution in [3.63, 3.8) is 0 Å². The molecule has 0 spiro atoms. The molecule has 3 atom stereocenters. The van der Waals surface area contributed by atoms with Crippen molar-refractivity contribution in [2.24, 2.45) is 5.10 Å². The van der Waals surface area contributed by atoms with E-state index in [9.17, 15) is 10.5 Å². The van der Waals surface area contributed by atoms with E-state index in [-0.39, 0.29) is 38.0 Å². The molecule has 2 aromatic heterocycles. The van der Waals surface area contributed by atoms with Crippen LogP contribution < -0.4 is 4.90 Å². The summed E-state index contributed by atoms with van der Waals surface area (Å²) in [5.41, 5.74) is 19.6. The van der Waals surface area contributed by atoms with Gasteiger partial charge in [0.15, 0.2) is 0 Å². The first kappa shape index (κ1) is 45.3. The van der Waals surface area contributed by atoms with E-state index >= 15 is 0 Å². The minimum atomic E-state index is -0.140. The largest absolute Gasteiger partial charge is 0.333 e. The van der Waals surface area contributed by atoms with Crippen molar-refractivity contribution in [1.29, 1.82) is 10.5 Å². The maximum absolute atomic E-state index is 10.7. The van der Waals surface area contributed by atoms with Crippen molar-refractivity contribution in [2.75, 3.05) is 4.90 Å². The number of anilines is 2. The molecule has 0 bridgehead atoms. The number of fused-ring (bicyclic) bond motifs is 10. The Morgan fingerprint density at radius 2 is 1.29 bits per heavy atom. The molecule has 2 aliphatic rings. The summed E-state index contributed by atoms with van der Waals surface area (Å²) in [6.07, 6.45) is 8.92. The molecular weight excluding hydrogens is 975 g/mol. The van der Waals surface area contributed by atoms with Crippen molar-refractivity contribution in [3.8, 4) is 51.2 Å². The second-order valence-corrected chi connectivity index (χ2v) is 18.9. The first-order valence-corrected chi connectivity index (χ1v) is 24.4. The van der Waals surface area contributed by atoms with Crippen LogP contribution in [-0.4, -0.2) is 22.0 Å². The van der Waals surface area contributed by atoms with Crippen LogP contribution in [0.1, 0.15) is 52.1 Å². The molecule has 9 aromatic carbocycles. The Morgan fingerprint density at radius 3 is 2.05 bits per heavy atom. The minimum absolute atomic E-state index is 0. The summed E-state index contributed by atoms with van der Waals surface area (Å²) in [6, 6.07) is 72.2. The monoisotopic (exact) mass is 1020 g/mol. The Bertz CT molecular complexity index is 4200. The Labute approximate surface area is 437 Å². The van der Waals surface area contributed by atoms with Gasteiger partial charge < -0.3 is 9.47 Å². The number of aryl methyl sites for hydroxylation is 1. The van der Waals surface area contributed by atoms with Crippen LogP contribution in [-0.2, 0) is 20.1 Å². The second kappa shape index (κ2) is 18.1. The van der Waals surface area contributed by atoms with Crippen molar-refractivity contribution >= 4 is 61.7 Å². The fraction of sp³-hybridized carbons (Fsp3) is 0.0758. The third kappa shape index (κ3) is 7.04. The van der Waals surface area contributed by atoms with Gasteiger partial charge in [-0.2, -0.15) is 10.4 Å². The smallest absolute Gasteiger partial charge is 0.0991 e. The molecule has 347 valence electrons. The van der Waals surface area contributed by atoms with Crippen LogP contribution in [0.3, 0.4) is 0 Å². The summed E-state index contributed by atoms with van der Waals surface area (Å²) in [4.78, 5) is 2.49. The van der Waals surface area contributed by atoms with E-state index in [1.807, 2.05) is 22.9 Å². The molecule has 11 aromatic rings. The average Bonchev–Trinajstić information content (AvgIpc) is 4.08. The van der Waals surface area contributed by atoms with Gasteiger partial charge >= 0.3 is 0 Å². The predicted octanol–water partition coefficient (Wildman–Crippen LogP) is 16.1. The second-order valence-electron chi connectivity index (χ2n) is 18.9. The number of para-hydroxylation sites is 3. The van der Waals surface area contributed by atoms with Gasteiger partial charge in [0, 0.05) is 100 Å². The molecule has 0 saturated carbocycles. The maximum Gasteiger partial charge on any atom is 0.0991 e. The number of rotatable bonds is 8. The molecule has 3 heterocycles. The summed E-state index contributed by atoms with van der Waals surface area (Å²) >= 11 is 0. The molecule has 0 fully saturated rings. The van der Waals surface area contributed by atoms with E-state index in [0.29, 0.717) is 11.1 Å². The number of nitrogens with zero attached hydrogens (tertiary/aromatic N) is 6. The summed E-state index contributed by atoms with van der Waals surface area (Å²) in [5, 5.41) is 29.7. The van der Waals surface area contributed by atoms with Gasteiger partial charge in [-0.15, -0.1) is 29.8 Å². The normalized spacial score (nSPS) is 15.0. The number of hydrogen-bond donors (Lipinski definition) is 0. The van der Waals surface area contributed by atoms with Crippen molar-refractivity contribution < 1.29 is 20.1 Å². The Balaban J connectivity index is 0.00000543. The van der Waals surface area contributed by atoms with Crippen LogP contribution in [0.5, 0.6) is 0 Å². The van der Waals surface area contributed by atoms with Crippen molar-refractivity contribution in [3.05, 3.63) is 246 Å². The molecule has 1 radical (unpaired) electrons. The molecule has 13 rings (SSSR count). The molecule has 2 unspecified atom stereocenters. The van der Waals surface area contributed by atoms with E-state index < -0.39 is 0 Å². The van der Waals surface area contributed by atoms with E-state index in [1.54, 1.807) is 6.07 Å². The van der Waals surface area contributed by atoms with Crippen LogP contribution in [0.15, 0.2) is 211 Å². The Hall–Kier alpha value is -8.84. The zero-order chi connectivity index (χ0) is 48.6. The van der Waals surface area contributed by atoms with Crippen LogP contribution in [0.4, 0.5) is 11.4 Å².